The molecule has 0 fully saturated rings. The van der Waals surface area contributed by atoms with Crippen molar-refractivity contribution in [2.24, 2.45) is 7.05 Å². The second kappa shape index (κ2) is 7.81. The van der Waals surface area contributed by atoms with Crippen LogP contribution in [0.2, 0.25) is 0 Å². The van der Waals surface area contributed by atoms with Crippen LogP contribution < -0.4 is 15.6 Å². The van der Waals surface area contributed by atoms with Gasteiger partial charge in [0.05, 0.1) is 7.11 Å². The summed E-state index contributed by atoms with van der Waals surface area (Å²) in [5.41, 5.74) is 2.02. The summed E-state index contributed by atoms with van der Waals surface area (Å²) in [4.78, 5) is 24.6. The minimum absolute atomic E-state index is 0.101. The van der Waals surface area contributed by atoms with E-state index in [4.69, 9.17) is 4.74 Å². The average molecular weight is 328 g/mol. The Labute approximate surface area is 142 Å². The summed E-state index contributed by atoms with van der Waals surface area (Å²) < 4.78 is 6.63. The fraction of sp³-hybridized carbons (Fsp3) is 0.368. The summed E-state index contributed by atoms with van der Waals surface area (Å²) in [7, 11) is 3.30. The van der Waals surface area contributed by atoms with Crippen LogP contribution in [0.25, 0.3) is 0 Å². The molecule has 1 N–H and O–H groups in total. The van der Waals surface area contributed by atoms with Crippen LogP contribution in [0.3, 0.4) is 0 Å². The molecule has 1 heterocycles. The molecule has 1 amide bonds. The maximum Gasteiger partial charge on any atom is 0.274 e. The van der Waals surface area contributed by atoms with Crippen LogP contribution in [0.15, 0.2) is 41.3 Å². The molecule has 2 aromatic rings. The highest BCUT2D eigenvalue weighted by atomic mass is 16.5. The molecule has 5 nitrogen and oxygen atoms in total. The monoisotopic (exact) mass is 328 g/mol. The number of anilines is 1. The number of pyridine rings is 1. The lowest BCUT2D eigenvalue weighted by Gasteiger charge is -2.16. The molecule has 1 aromatic heterocycles. The van der Waals surface area contributed by atoms with Crippen molar-refractivity contribution in [2.45, 2.75) is 32.6 Å². The number of hydrogen-bond donors (Lipinski definition) is 1. The zero-order chi connectivity index (χ0) is 17.7. The fourth-order valence-corrected chi connectivity index (χ4v) is 2.66. The molecule has 0 aliphatic carbocycles. The summed E-state index contributed by atoms with van der Waals surface area (Å²) in [5.74, 6) is 0.745. The lowest BCUT2D eigenvalue weighted by molar-refractivity contribution is -0.116. The van der Waals surface area contributed by atoms with Gasteiger partial charge in [-0.15, -0.1) is 0 Å². The molecule has 0 radical (unpaired) electrons. The van der Waals surface area contributed by atoms with E-state index in [1.165, 1.54) is 4.57 Å². The molecule has 1 atom stereocenters. The Balaban J connectivity index is 2.12. The molecule has 0 spiro atoms. The normalized spacial score (nSPS) is 11.8. The zero-order valence-electron chi connectivity index (χ0n) is 14.6. The van der Waals surface area contributed by atoms with E-state index in [-0.39, 0.29) is 17.4 Å². The maximum atomic E-state index is 12.4. The first-order valence-corrected chi connectivity index (χ1v) is 8.06. The largest absolute Gasteiger partial charge is 0.497 e. The summed E-state index contributed by atoms with van der Waals surface area (Å²) in [5, 5.41) is 2.78. The number of carbonyl (C=O) groups is 1. The van der Waals surface area contributed by atoms with Crippen molar-refractivity contribution in [2.75, 3.05) is 12.4 Å². The molecule has 0 bridgehead atoms. The van der Waals surface area contributed by atoms with Crippen LogP contribution in [0.5, 0.6) is 5.75 Å². The van der Waals surface area contributed by atoms with Crippen molar-refractivity contribution in [1.29, 1.82) is 0 Å². The maximum absolute atomic E-state index is 12.4. The molecule has 1 unspecified atom stereocenters. The standard InChI is InChI=1S/C19H24N2O3/c1-5-14(15-6-8-16(24-4)9-7-15)12-17(22)20-18-13(2)10-11-21(3)19(18)23/h6-11,14H,5,12H2,1-4H3,(H,20,22). The van der Waals surface area contributed by atoms with Crippen LogP contribution in [0, 0.1) is 6.92 Å². The van der Waals surface area contributed by atoms with Crippen LogP contribution in [-0.2, 0) is 11.8 Å². The van der Waals surface area contributed by atoms with Crippen LogP contribution in [0.4, 0.5) is 5.69 Å². The van der Waals surface area contributed by atoms with E-state index < -0.39 is 0 Å². The van der Waals surface area contributed by atoms with E-state index in [0.29, 0.717) is 12.1 Å². The average Bonchev–Trinajstić information content (AvgIpc) is 2.60. The van der Waals surface area contributed by atoms with Gasteiger partial charge in [0.25, 0.3) is 5.56 Å². The quantitative estimate of drug-likeness (QED) is 0.885. The smallest absolute Gasteiger partial charge is 0.274 e. The zero-order valence-corrected chi connectivity index (χ0v) is 14.6. The van der Waals surface area contributed by atoms with Crippen LogP contribution in [-0.4, -0.2) is 17.6 Å². The third kappa shape index (κ3) is 4.04. The molecule has 0 aliphatic rings. The van der Waals surface area contributed by atoms with Crippen molar-refractivity contribution in [3.8, 4) is 5.75 Å². The van der Waals surface area contributed by atoms with Gasteiger partial charge in [-0.3, -0.25) is 9.59 Å². The van der Waals surface area contributed by atoms with Gasteiger partial charge in [0.2, 0.25) is 5.91 Å². The number of ether oxygens (including phenoxy) is 1. The number of amides is 1. The predicted octanol–water partition coefficient (Wildman–Crippen LogP) is 3.22. The Hall–Kier alpha value is -2.56. The van der Waals surface area contributed by atoms with E-state index >= 15 is 0 Å². The van der Waals surface area contributed by atoms with Gasteiger partial charge in [-0.05, 0) is 48.6 Å². The highest BCUT2D eigenvalue weighted by Gasteiger charge is 2.16. The van der Waals surface area contributed by atoms with E-state index in [2.05, 4.69) is 12.2 Å². The second-order valence-electron chi connectivity index (χ2n) is 5.92. The van der Waals surface area contributed by atoms with Crippen molar-refractivity contribution in [3.63, 3.8) is 0 Å². The SMILES string of the molecule is CCC(CC(=O)Nc1c(C)ccn(C)c1=O)c1ccc(OC)cc1. The minimum atomic E-state index is -0.194. The number of aryl methyl sites for hydroxylation is 2. The van der Waals surface area contributed by atoms with Gasteiger partial charge >= 0.3 is 0 Å². The molecule has 0 aliphatic heterocycles. The number of rotatable bonds is 6. The van der Waals surface area contributed by atoms with E-state index in [0.717, 1.165) is 23.3 Å². The topological polar surface area (TPSA) is 60.3 Å². The van der Waals surface area contributed by atoms with Gasteiger partial charge in [-0.25, -0.2) is 0 Å². The van der Waals surface area contributed by atoms with Gasteiger partial charge in [-0.1, -0.05) is 19.1 Å². The van der Waals surface area contributed by atoms with Gasteiger partial charge in [0.15, 0.2) is 0 Å². The molecule has 0 saturated carbocycles. The number of aromatic nitrogens is 1. The number of carbonyl (C=O) groups excluding carboxylic acids is 1. The summed E-state index contributed by atoms with van der Waals surface area (Å²) in [6.45, 7) is 3.87. The first-order valence-electron chi connectivity index (χ1n) is 8.06. The summed E-state index contributed by atoms with van der Waals surface area (Å²) in [6.07, 6.45) is 2.87. The fourth-order valence-electron chi connectivity index (χ4n) is 2.66. The van der Waals surface area contributed by atoms with Crippen molar-refractivity contribution in [1.82, 2.24) is 4.57 Å². The number of methoxy groups -OCH3 is 1. The first kappa shape index (κ1) is 17.8. The summed E-state index contributed by atoms with van der Waals surface area (Å²) in [6, 6.07) is 9.57. The third-order valence-corrected chi connectivity index (χ3v) is 4.25. The third-order valence-electron chi connectivity index (χ3n) is 4.25. The Morgan fingerprint density at radius 1 is 1.25 bits per heavy atom. The number of nitrogens with one attached hydrogen (secondary N) is 1. The molecule has 0 saturated heterocycles. The second-order valence-corrected chi connectivity index (χ2v) is 5.92. The van der Waals surface area contributed by atoms with Gasteiger partial charge in [0.1, 0.15) is 11.4 Å². The Kier molecular flexibility index (Phi) is 5.79. The van der Waals surface area contributed by atoms with E-state index in [9.17, 15) is 9.59 Å². The molecule has 2 rings (SSSR count). The number of benzene rings is 1. The van der Waals surface area contributed by atoms with Crippen LogP contribution in [0.1, 0.15) is 36.8 Å². The highest BCUT2D eigenvalue weighted by Crippen LogP contribution is 2.25. The molecule has 1 aromatic carbocycles. The van der Waals surface area contributed by atoms with Gasteiger partial charge in [0, 0.05) is 19.7 Å². The lowest BCUT2D eigenvalue weighted by Crippen LogP contribution is -2.25. The number of nitrogens with zero attached hydrogens (tertiary/aromatic N) is 1. The molecular formula is C19H24N2O3. The van der Waals surface area contributed by atoms with Crippen molar-refractivity contribution in [3.05, 3.63) is 58.0 Å². The highest BCUT2D eigenvalue weighted by molar-refractivity contribution is 5.91. The summed E-state index contributed by atoms with van der Waals surface area (Å²) >= 11 is 0. The molecule has 24 heavy (non-hydrogen) atoms. The first-order chi connectivity index (χ1) is 11.5. The Bertz CT molecular complexity index is 763. The Morgan fingerprint density at radius 2 is 1.92 bits per heavy atom. The van der Waals surface area contributed by atoms with Crippen LogP contribution >= 0.6 is 0 Å². The van der Waals surface area contributed by atoms with Gasteiger partial charge in [-0.2, -0.15) is 0 Å². The lowest BCUT2D eigenvalue weighted by atomic mass is 9.93. The van der Waals surface area contributed by atoms with Gasteiger partial charge < -0.3 is 14.6 Å². The van der Waals surface area contributed by atoms with Crippen molar-refractivity contribution >= 4 is 11.6 Å². The van der Waals surface area contributed by atoms with E-state index in [1.54, 1.807) is 20.4 Å². The number of hydrogen-bond acceptors (Lipinski definition) is 3. The van der Waals surface area contributed by atoms with E-state index in [1.807, 2.05) is 37.3 Å². The van der Waals surface area contributed by atoms with Crippen molar-refractivity contribution < 1.29 is 9.53 Å². The minimum Gasteiger partial charge on any atom is -0.497 e. The molecule has 128 valence electrons. The molecular weight excluding hydrogens is 304 g/mol. The Morgan fingerprint density at radius 3 is 2.50 bits per heavy atom. The molecule has 5 heteroatoms. The predicted molar refractivity (Wildman–Crippen MR) is 95.7 cm³/mol.